The molecule has 0 aliphatic carbocycles. The minimum absolute atomic E-state index is 0.00160. The minimum Gasteiger partial charge on any atom is -0.445 e. The average Bonchev–Trinajstić information content (AvgIpc) is 2.97. The number of hydrogen-bond acceptors (Lipinski definition) is 6. The van der Waals surface area contributed by atoms with Crippen LogP contribution < -0.4 is 10.6 Å². The molecular formula is C29H36F2N4O6S. The highest BCUT2D eigenvalue weighted by Gasteiger charge is 2.54. The van der Waals surface area contributed by atoms with Crippen LogP contribution in [-0.2, 0) is 31.0 Å². The monoisotopic (exact) mass is 606 g/mol. The van der Waals surface area contributed by atoms with Gasteiger partial charge in [0.1, 0.15) is 29.8 Å². The molecule has 2 aromatic rings. The summed E-state index contributed by atoms with van der Waals surface area (Å²) in [6, 6.07) is 11.4. The Morgan fingerprint density at radius 2 is 1.71 bits per heavy atom. The normalized spacial score (nSPS) is 19.0. The number of amides is 3. The summed E-state index contributed by atoms with van der Waals surface area (Å²) < 4.78 is 60.8. The number of alkyl carbamates (subject to hydrolysis) is 1. The molecule has 2 saturated heterocycles. The summed E-state index contributed by atoms with van der Waals surface area (Å²) in [5.41, 5.74) is -0.368. The second-order valence-corrected chi connectivity index (χ2v) is 12.4. The fourth-order valence-electron chi connectivity index (χ4n) is 5.51. The number of hydrogen-bond donors (Lipinski definition) is 2. The van der Waals surface area contributed by atoms with E-state index in [0.29, 0.717) is 38.8 Å². The van der Waals surface area contributed by atoms with E-state index in [1.807, 2.05) is 37.3 Å². The van der Waals surface area contributed by atoms with Gasteiger partial charge in [-0.2, -0.15) is 4.31 Å². The summed E-state index contributed by atoms with van der Waals surface area (Å²) in [5, 5.41) is 5.50. The number of piperazine rings is 1. The standard InChI is InChI=1S/C29H36F2N4O6S/c1-2-17-35-26(36)24(13-6-7-16-32-28(38)41-20-21-9-4-3-5-10-21)33-27(37)29(35)14-18-34(19-15-29)42(39,40)25-22(30)11-8-12-23(25)31/h3-5,8-12,24H,2,6-7,13-20H2,1H3,(H,32,38)(H,33,37)/t24-/m0/s1. The first-order chi connectivity index (χ1) is 20.1. The van der Waals surface area contributed by atoms with E-state index >= 15 is 0 Å². The van der Waals surface area contributed by atoms with Gasteiger partial charge < -0.3 is 20.3 Å². The van der Waals surface area contributed by atoms with E-state index in [1.54, 1.807) is 4.90 Å². The lowest BCUT2D eigenvalue weighted by Gasteiger charge is -2.51. The number of nitrogens with one attached hydrogen (secondary N) is 2. The number of halogens is 2. The van der Waals surface area contributed by atoms with Crippen LogP contribution in [0.4, 0.5) is 13.6 Å². The van der Waals surface area contributed by atoms with Gasteiger partial charge in [0.05, 0.1) is 0 Å². The van der Waals surface area contributed by atoms with Crippen molar-refractivity contribution >= 4 is 27.9 Å². The summed E-state index contributed by atoms with van der Waals surface area (Å²) in [4.78, 5) is 39.4. The van der Waals surface area contributed by atoms with Crippen molar-refractivity contribution in [1.29, 1.82) is 0 Å². The molecule has 4 rings (SSSR count). The average molecular weight is 607 g/mol. The summed E-state index contributed by atoms with van der Waals surface area (Å²) in [6.45, 7) is 2.35. The Hall–Kier alpha value is -3.58. The Kier molecular flexibility index (Phi) is 10.2. The van der Waals surface area contributed by atoms with Crippen molar-refractivity contribution in [2.24, 2.45) is 0 Å². The number of ether oxygens (including phenoxy) is 1. The highest BCUT2D eigenvalue weighted by atomic mass is 32.2. The highest BCUT2D eigenvalue weighted by Crippen LogP contribution is 2.36. The molecule has 2 aliphatic heterocycles. The van der Waals surface area contributed by atoms with E-state index in [1.165, 1.54) is 0 Å². The molecule has 2 aliphatic rings. The summed E-state index contributed by atoms with van der Waals surface area (Å²) in [5.74, 6) is -2.98. The number of carbonyl (C=O) groups is 3. The molecule has 13 heteroatoms. The molecule has 10 nitrogen and oxygen atoms in total. The maximum Gasteiger partial charge on any atom is 0.407 e. The number of nitrogens with zero attached hydrogens (tertiary/aromatic N) is 2. The van der Waals surface area contributed by atoms with Gasteiger partial charge in [0.25, 0.3) is 0 Å². The van der Waals surface area contributed by atoms with Gasteiger partial charge in [0.15, 0.2) is 4.90 Å². The first-order valence-corrected chi connectivity index (χ1v) is 15.6. The molecule has 3 amide bonds. The lowest BCUT2D eigenvalue weighted by Crippen LogP contribution is -2.73. The molecule has 228 valence electrons. The van der Waals surface area contributed by atoms with Gasteiger partial charge >= 0.3 is 6.09 Å². The van der Waals surface area contributed by atoms with Crippen molar-refractivity contribution in [2.45, 2.75) is 68.5 Å². The molecule has 2 fully saturated rings. The third-order valence-corrected chi connectivity index (χ3v) is 9.67. The van der Waals surface area contributed by atoms with Gasteiger partial charge in [-0.3, -0.25) is 9.59 Å². The Bertz CT molecular complexity index is 1360. The SMILES string of the molecule is CCCN1C(=O)[C@H](CCCCNC(=O)OCc2ccccc2)NC(=O)C12CCN(S(=O)(=O)c1c(F)cccc1F)CC2. The van der Waals surface area contributed by atoms with E-state index in [4.69, 9.17) is 4.74 Å². The van der Waals surface area contributed by atoms with Crippen LogP contribution in [0.5, 0.6) is 0 Å². The maximum absolute atomic E-state index is 14.3. The van der Waals surface area contributed by atoms with Crippen LogP contribution in [0.2, 0.25) is 0 Å². The molecule has 1 atom stereocenters. The topological polar surface area (TPSA) is 125 Å². The second kappa shape index (κ2) is 13.6. The van der Waals surface area contributed by atoms with Gasteiger partial charge in [-0.1, -0.05) is 43.3 Å². The first kappa shape index (κ1) is 31.4. The predicted octanol–water partition coefficient (Wildman–Crippen LogP) is 3.32. The Balaban J connectivity index is 1.30. The van der Waals surface area contributed by atoms with E-state index < -0.39 is 44.2 Å². The lowest BCUT2D eigenvalue weighted by molar-refractivity contribution is -0.160. The summed E-state index contributed by atoms with van der Waals surface area (Å²) >= 11 is 0. The minimum atomic E-state index is -4.48. The van der Waals surface area contributed by atoms with Gasteiger partial charge in [-0.05, 0) is 56.2 Å². The quantitative estimate of drug-likeness (QED) is 0.378. The highest BCUT2D eigenvalue weighted by molar-refractivity contribution is 7.89. The van der Waals surface area contributed by atoms with E-state index in [-0.39, 0.29) is 44.4 Å². The number of carbonyl (C=O) groups excluding carboxylic acids is 3. The predicted molar refractivity (Wildman–Crippen MR) is 149 cm³/mol. The largest absolute Gasteiger partial charge is 0.445 e. The van der Waals surface area contributed by atoms with Gasteiger partial charge in [-0.25, -0.2) is 22.0 Å². The maximum atomic E-state index is 14.3. The molecule has 0 bridgehead atoms. The number of rotatable bonds is 11. The Morgan fingerprint density at radius 3 is 2.36 bits per heavy atom. The summed E-state index contributed by atoms with van der Waals surface area (Å²) in [7, 11) is -4.48. The number of benzene rings is 2. The molecule has 0 aromatic heterocycles. The Morgan fingerprint density at radius 1 is 1.05 bits per heavy atom. The smallest absolute Gasteiger partial charge is 0.407 e. The van der Waals surface area contributed by atoms with Crippen LogP contribution in [0.3, 0.4) is 0 Å². The van der Waals surface area contributed by atoms with Crippen molar-refractivity contribution in [3.8, 4) is 0 Å². The molecule has 0 saturated carbocycles. The van der Waals surface area contributed by atoms with Crippen molar-refractivity contribution in [1.82, 2.24) is 19.8 Å². The molecule has 2 N–H and O–H groups in total. The van der Waals surface area contributed by atoms with Crippen LogP contribution >= 0.6 is 0 Å². The van der Waals surface area contributed by atoms with E-state index in [9.17, 15) is 31.6 Å². The third kappa shape index (κ3) is 6.73. The van der Waals surface area contributed by atoms with Gasteiger partial charge in [0, 0.05) is 26.2 Å². The van der Waals surface area contributed by atoms with Gasteiger partial charge in [0.2, 0.25) is 21.8 Å². The van der Waals surface area contributed by atoms with Crippen molar-refractivity contribution in [3.05, 3.63) is 65.7 Å². The van der Waals surface area contributed by atoms with Crippen molar-refractivity contribution in [3.63, 3.8) is 0 Å². The van der Waals surface area contributed by atoms with Gasteiger partial charge in [-0.15, -0.1) is 0 Å². The summed E-state index contributed by atoms with van der Waals surface area (Å²) in [6.07, 6.45) is 1.55. The number of sulfonamides is 1. The third-order valence-electron chi connectivity index (χ3n) is 7.72. The van der Waals surface area contributed by atoms with Crippen LogP contribution in [-0.4, -0.2) is 73.3 Å². The van der Waals surface area contributed by atoms with E-state index in [2.05, 4.69) is 10.6 Å². The van der Waals surface area contributed by atoms with E-state index in [0.717, 1.165) is 28.1 Å². The second-order valence-electron chi connectivity index (χ2n) is 10.5. The number of piperidine rings is 1. The fraction of sp³-hybridized carbons (Fsp3) is 0.483. The zero-order chi connectivity index (χ0) is 30.3. The lowest BCUT2D eigenvalue weighted by atomic mass is 9.81. The van der Waals surface area contributed by atoms with Crippen LogP contribution in [0, 0.1) is 11.6 Å². The molecule has 0 unspecified atom stereocenters. The molecular weight excluding hydrogens is 570 g/mol. The first-order valence-electron chi connectivity index (χ1n) is 14.1. The molecule has 0 radical (unpaired) electrons. The van der Waals surface area contributed by atoms with Crippen LogP contribution in [0.25, 0.3) is 0 Å². The Labute approximate surface area is 244 Å². The van der Waals surface area contributed by atoms with Crippen LogP contribution in [0.1, 0.15) is 51.0 Å². The zero-order valence-electron chi connectivity index (χ0n) is 23.5. The van der Waals surface area contributed by atoms with Crippen molar-refractivity contribution in [2.75, 3.05) is 26.2 Å². The molecule has 2 aromatic carbocycles. The number of unbranched alkanes of at least 4 members (excludes halogenated alkanes) is 1. The van der Waals surface area contributed by atoms with Crippen LogP contribution in [0.15, 0.2) is 53.4 Å². The molecule has 1 spiro atoms. The fourth-order valence-corrected chi connectivity index (χ4v) is 7.06. The molecule has 2 heterocycles. The molecule has 42 heavy (non-hydrogen) atoms. The zero-order valence-corrected chi connectivity index (χ0v) is 24.3. The van der Waals surface area contributed by atoms with Crippen molar-refractivity contribution < 1.29 is 36.3 Å².